The minimum Gasteiger partial charge on any atom is -0.496 e. The molecule has 1 aliphatic heterocycles. The highest BCUT2D eigenvalue weighted by molar-refractivity contribution is 7.92. The van der Waals surface area contributed by atoms with Crippen LogP contribution in [0.1, 0.15) is 30.1 Å². The molecule has 0 unspecified atom stereocenters. The molecule has 0 radical (unpaired) electrons. The van der Waals surface area contributed by atoms with Gasteiger partial charge in [0.25, 0.3) is 15.9 Å². The van der Waals surface area contributed by atoms with E-state index in [2.05, 4.69) is 11.6 Å². The topological polar surface area (TPSA) is 75.7 Å². The SMILES string of the molecule is COc1ccc(S(=O)(=O)Nc2c(Cl)cccc2Cl)cc1C(=O)N1CCC(C)CC1. The maximum atomic E-state index is 13.0. The first-order chi connectivity index (χ1) is 13.7. The Morgan fingerprint density at radius 2 is 1.76 bits per heavy atom. The summed E-state index contributed by atoms with van der Waals surface area (Å²) in [5.74, 6) is 0.641. The Hall–Kier alpha value is -1.96. The lowest BCUT2D eigenvalue weighted by molar-refractivity contribution is 0.0693. The van der Waals surface area contributed by atoms with Crippen LogP contribution in [-0.2, 0) is 10.0 Å². The average molecular weight is 457 g/mol. The quantitative estimate of drug-likeness (QED) is 0.708. The van der Waals surface area contributed by atoms with Crippen molar-refractivity contribution in [2.75, 3.05) is 24.9 Å². The van der Waals surface area contributed by atoms with Crippen molar-refractivity contribution < 1.29 is 17.9 Å². The van der Waals surface area contributed by atoms with Gasteiger partial charge in [0, 0.05) is 13.1 Å². The number of hydrogen-bond acceptors (Lipinski definition) is 4. The lowest BCUT2D eigenvalue weighted by Gasteiger charge is -2.30. The lowest BCUT2D eigenvalue weighted by Crippen LogP contribution is -2.38. The van der Waals surface area contributed by atoms with Crippen LogP contribution < -0.4 is 9.46 Å². The van der Waals surface area contributed by atoms with Gasteiger partial charge in [-0.2, -0.15) is 0 Å². The molecule has 0 atom stereocenters. The van der Waals surface area contributed by atoms with Gasteiger partial charge in [-0.3, -0.25) is 9.52 Å². The summed E-state index contributed by atoms with van der Waals surface area (Å²) in [4.78, 5) is 14.7. The van der Waals surface area contributed by atoms with Crippen LogP contribution in [-0.4, -0.2) is 39.4 Å². The second kappa shape index (κ2) is 8.81. The fourth-order valence-corrected chi connectivity index (χ4v) is 4.92. The number of carbonyl (C=O) groups excluding carboxylic acids is 1. The number of carbonyl (C=O) groups is 1. The van der Waals surface area contributed by atoms with E-state index in [4.69, 9.17) is 27.9 Å². The third-order valence-corrected chi connectivity index (χ3v) is 6.96. The molecule has 0 aliphatic carbocycles. The smallest absolute Gasteiger partial charge is 0.262 e. The maximum Gasteiger partial charge on any atom is 0.262 e. The van der Waals surface area contributed by atoms with Crippen molar-refractivity contribution in [3.8, 4) is 5.75 Å². The molecule has 1 fully saturated rings. The van der Waals surface area contributed by atoms with Crippen LogP contribution in [0.15, 0.2) is 41.3 Å². The number of amides is 1. The van der Waals surface area contributed by atoms with E-state index < -0.39 is 10.0 Å². The predicted octanol–water partition coefficient (Wildman–Crippen LogP) is 4.67. The van der Waals surface area contributed by atoms with Crippen LogP contribution in [0.25, 0.3) is 0 Å². The third-order valence-electron chi connectivity index (χ3n) is 4.98. The van der Waals surface area contributed by atoms with Gasteiger partial charge in [-0.15, -0.1) is 0 Å². The van der Waals surface area contributed by atoms with Gasteiger partial charge in [0.2, 0.25) is 0 Å². The largest absolute Gasteiger partial charge is 0.496 e. The summed E-state index contributed by atoms with van der Waals surface area (Å²) in [6.45, 7) is 3.42. The van der Waals surface area contributed by atoms with E-state index in [1.807, 2.05) is 0 Å². The van der Waals surface area contributed by atoms with E-state index in [0.29, 0.717) is 24.8 Å². The second-order valence-electron chi connectivity index (χ2n) is 7.04. The fraction of sp³-hybridized carbons (Fsp3) is 0.350. The molecule has 2 aromatic rings. The van der Waals surface area contributed by atoms with Crippen LogP contribution in [0.4, 0.5) is 5.69 Å². The summed E-state index contributed by atoms with van der Waals surface area (Å²) in [6.07, 6.45) is 1.83. The molecular weight excluding hydrogens is 435 g/mol. The molecule has 0 aromatic heterocycles. The molecule has 1 heterocycles. The van der Waals surface area contributed by atoms with Gasteiger partial charge in [-0.25, -0.2) is 8.42 Å². The van der Waals surface area contributed by atoms with Gasteiger partial charge in [-0.1, -0.05) is 36.2 Å². The average Bonchev–Trinajstić information content (AvgIpc) is 2.70. The van der Waals surface area contributed by atoms with Gasteiger partial charge < -0.3 is 9.64 Å². The fourth-order valence-electron chi connectivity index (χ4n) is 3.19. The number of rotatable bonds is 5. The number of para-hydroxylation sites is 1. The van der Waals surface area contributed by atoms with E-state index in [9.17, 15) is 13.2 Å². The Morgan fingerprint density at radius 1 is 1.14 bits per heavy atom. The number of nitrogens with one attached hydrogen (secondary N) is 1. The molecule has 1 N–H and O–H groups in total. The monoisotopic (exact) mass is 456 g/mol. The van der Waals surface area contributed by atoms with Crippen molar-refractivity contribution in [1.29, 1.82) is 0 Å². The molecule has 1 saturated heterocycles. The van der Waals surface area contributed by atoms with E-state index in [1.54, 1.807) is 11.0 Å². The van der Waals surface area contributed by atoms with Gasteiger partial charge in [0.05, 0.1) is 33.3 Å². The second-order valence-corrected chi connectivity index (χ2v) is 9.54. The van der Waals surface area contributed by atoms with Crippen LogP contribution >= 0.6 is 23.2 Å². The molecule has 0 bridgehead atoms. The van der Waals surface area contributed by atoms with E-state index in [0.717, 1.165) is 12.8 Å². The Balaban J connectivity index is 1.94. The van der Waals surface area contributed by atoms with Crippen LogP contribution in [0, 0.1) is 5.92 Å². The van der Waals surface area contributed by atoms with Crippen LogP contribution in [0.5, 0.6) is 5.75 Å². The van der Waals surface area contributed by atoms with E-state index in [-0.39, 0.29) is 32.1 Å². The lowest BCUT2D eigenvalue weighted by atomic mass is 9.98. The van der Waals surface area contributed by atoms with Crippen molar-refractivity contribution >= 4 is 44.8 Å². The number of hydrogen-bond donors (Lipinski definition) is 1. The number of ether oxygens (including phenoxy) is 1. The number of anilines is 1. The number of nitrogens with zero attached hydrogens (tertiary/aromatic N) is 1. The Labute approximate surface area is 180 Å². The maximum absolute atomic E-state index is 13.0. The number of sulfonamides is 1. The molecule has 0 saturated carbocycles. The molecule has 0 spiro atoms. The summed E-state index contributed by atoms with van der Waals surface area (Å²) < 4.78 is 33.5. The highest BCUT2D eigenvalue weighted by atomic mass is 35.5. The number of methoxy groups -OCH3 is 1. The minimum absolute atomic E-state index is 0.0805. The number of halogens is 2. The molecule has 6 nitrogen and oxygen atoms in total. The minimum atomic E-state index is -4.02. The molecule has 1 aliphatic rings. The highest BCUT2D eigenvalue weighted by Gasteiger charge is 2.26. The zero-order chi connectivity index (χ0) is 21.2. The first-order valence-electron chi connectivity index (χ1n) is 9.17. The highest BCUT2D eigenvalue weighted by Crippen LogP contribution is 2.33. The van der Waals surface area contributed by atoms with Crippen LogP contribution in [0.2, 0.25) is 10.0 Å². The van der Waals surface area contributed by atoms with Crippen molar-refractivity contribution in [3.05, 3.63) is 52.0 Å². The molecule has 29 heavy (non-hydrogen) atoms. The summed E-state index contributed by atoms with van der Waals surface area (Å²) in [5, 5.41) is 0.349. The number of piperidine rings is 1. The molecule has 2 aromatic carbocycles. The first kappa shape index (κ1) is 21.7. The van der Waals surface area contributed by atoms with Crippen molar-refractivity contribution in [3.63, 3.8) is 0 Å². The summed E-state index contributed by atoms with van der Waals surface area (Å²) in [7, 11) is -2.58. The number of likely N-dealkylation sites (tertiary alicyclic amines) is 1. The first-order valence-corrected chi connectivity index (χ1v) is 11.4. The van der Waals surface area contributed by atoms with Gasteiger partial charge in [0.15, 0.2) is 0 Å². The normalized spacial score (nSPS) is 15.2. The molecule has 3 rings (SSSR count). The van der Waals surface area contributed by atoms with E-state index >= 15 is 0 Å². The zero-order valence-corrected chi connectivity index (χ0v) is 18.4. The summed E-state index contributed by atoms with van der Waals surface area (Å²) >= 11 is 12.1. The molecular formula is C20H22Cl2N2O4S. The molecule has 9 heteroatoms. The van der Waals surface area contributed by atoms with Crippen molar-refractivity contribution in [2.24, 2.45) is 5.92 Å². The van der Waals surface area contributed by atoms with Crippen LogP contribution in [0.3, 0.4) is 0 Å². The standard InChI is InChI=1S/C20H22Cl2N2O4S/c1-13-8-10-24(11-9-13)20(25)15-12-14(6-7-18(15)28-2)29(26,27)23-19-16(21)4-3-5-17(19)22/h3-7,12-13,23H,8-11H2,1-2H3. The molecule has 1 amide bonds. The Morgan fingerprint density at radius 3 is 2.34 bits per heavy atom. The zero-order valence-electron chi connectivity index (χ0n) is 16.1. The Bertz CT molecular complexity index is 999. The van der Waals surface area contributed by atoms with Crippen molar-refractivity contribution in [2.45, 2.75) is 24.7 Å². The van der Waals surface area contributed by atoms with Gasteiger partial charge in [-0.05, 0) is 49.1 Å². The Kier molecular flexibility index (Phi) is 6.61. The van der Waals surface area contributed by atoms with Crippen molar-refractivity contribution in [1.82, 2.24) is 4.90 Å². The third kappa shape index (κ3) is 4.79. The van der Waals surface area contributed by atoms with Gasteiger partial charge in [0.1, 0.15) is 5.75 Å². The van der Waals surface area contributed by atoms with E-state index in [1.165, 1.54) is 37.4 Å². The summed E-state index contributed by atoms with van der Waals surface area (Å²) in [6, 6.07) is 8.86. The molecule has 156 valence electrons. The number of benzene rings is 2. The summed E-state index contributed by atoms with van der Waals surface area (Å²) in [5.41, 5.74) is 0.291. The van der Waals surface area contributed by atoms with Gasteiger partial charge >= 0.3 is 0 Å². The predicted molar refractivity (Wildman–Crippen MR) is 115 cm³/mol.